The minimum Gasteiger partial charge on any atom is -0.481 e. The molecule has 1 aliphatic carbocycles. The number of rotatable bonds is 7. The van der Waals surface area contributed by atoms with Crippen LogP contribution in [0.5, 0.6) is 0 Å². The Balaban J connectivity index is 1.54. The van der Waals surface area contributed by atoms with Crippen LogP contribution in [0.3, 0.4) is 0 Å². The number of carboxylic acids is 1. The third kappa shape index (κ3) is 4.78. The van der Waals surface area contributed by atoms with Crippen molar-refractivity contribution in [3.8, 4) is 0 Å². The van der Waals surface area contributed by atoms with Gasteiger partial charge in [0, 0.05) is 30.4 Å². The molecule has 1 aromatic rings. The van der Waals surface area contributed by atoms with E-state index in [9.17, 15) is 14.4 Å². The number of carbonyl (C=O) groups excluding carboxylic acids is 2. The Labute approximate surface area is 157 Å². The first kappa shape index (κ1) is 18.8. The monoisotopic (exact) mass is 376 g/mol. The number of nitrogens with one attached hydrogen (secondary N) is 1. The van der Waals surface area contributed by atoms with Crippen molar-refractivity contribution >= 4 is 35.2 Å². The highest BCUT2D eigenvalue weighted by molar-refractivity contribution is 7.99. The predicted octanol–water partition coefficient (Wildman–Crippen LogP) is 2.73. The van der Waals surface area contributed by atoms with E-state index in [0.29, 0.717) is 24.0 Å². The van der Waals surface area contributed by atoms with Crippen LogP contribution in [0.4, 0.5) is 5.69 Å². The van der Waals surface area contributed by atoms with Crippen LogP contribution in [0.2, 0.25) is 0 Å². The Morgan fingerprint density at radius 1 is 1.27 bits per heavy atom. The number of anilines is 1. The molecule has 26 heavy (non-hydrogen) atoms. The molecule has 1 saturated heterocycles. The summed E-state index contributed by atoms with van der Waals surface area (Å²) in [6.07, 6.45) is 4.72. The molecule has 2 N–H and O–H groups in total. The van der Waals surface area contributed by atoms with Crippen molar-refractivity contribution in [3.05, 3.63) is 29.8 Å². The minimum absolute atomic E-state index is 0.0533. The van der Waals surface area contributed by atoms with Crippen LogP contribution in [0, 0.1) is 5.92 Å². The van der Waals surface area contributed by atoms with Crippen molar-refractivity contribution < 1.29 is 19.5 Å². The normalized spacial score (nSPS) is 20.5. The van der Waals surface area contributed by atoms with Crippen molar-refractivity contribution in [2.24, 2.45) is 5.92 Å². The van der Waals surface area contributed by atoms with E-state index >= 15 is 0 Å². The lowest BCUT2D eigenvalue weighted by Crippen LogP contribution is -2.35. The number of hydrogen-bond donors (Lipinski definition) is 2. The zero-order valence-corrected chi connectivity index (χ0v) is 15.5. The highest BCUT2D eigenvalue weighted by atomic mass is 32.2. The van der Waals surface area contributed by atoms with Crippen LogP contribution in [0.1, 0.15) is 37.7 Å². The lowest BCUT2D eigenvalue weighted by molar-refractivity contribution is -0.134. The molecular formula is C19H24N2O4S. The van der Waals surface area contributed by atoms with Gasteiger partial charge in [0.15, 0.2) is 0 Å². The second kappa shape index (κ2) is 8.58. The molecule has 1 aliphatic heterocycles. The standard InChI is InChI=1S/C19H24N2O4S/c22-17-9-14(10-21(17)16-6-1-2-7-16)19(25)20-15-5-3-4-13(8-15)11-26-12-18(23)24/h3-5,8,14,16H,1-2,6-7,9-12H2,(H,20,25)(H,23,24). The zero-order chi connectivity index (χ0) is 18.5. The second-order valence-corrected chi connectivity index (χ2v) is 7.95. The van der Waals surface area contributed by atoms with E-state index < -0.39 is 5.97 Å². The van der Waals surface area contributed by atoms with E-state index in [1.165, 1.54) is 11.8 Å². The van der Waals surface area contributed by atoms with Crippen molar-refractivity contribution in [1.82, 2.24) is 4.90 Å². The van der Waals surface area contributed by atoms with Crippen molar-refractivity contribution in [1.29, 1.82) is 0 Å². The maximum atomic E-state index is 12.6. The summed E-state index contributed by atoms with van der Waals surface area (Å²) in [5.41, 5.74) is 1.65. The van der Waals surface area contributed by atoms with Crippen LogP contribution < -0.4 is 5.32 Å². The number of carbonyl (C=O) groups is 3. The molecular weight excluding hydrogens is 352 g/mol. The number of likely N-dealkylation sites (tertiary alicyclic amines) is 1. The average Bonchev–Trinajstić information content (AvgIpc) is 3.24. The van der Waals surface area contributed by atoms with E-state index in [1.54, 1.807) is 0 Å². The summed E-state index contributed by atoms with van der Waals surface area (Å²) < 4.78 is 0. The van der Waals surface area contributed by atoms with Crippen molar-refractivity contribution in [2.45, 2.75) is 43.9 Å². The molecule has 7 heteroatoms. The largest absolute Gasteiger partial charge is 0.481 e. The molecule has 1 aromatic carbocycles. The van der Waals surface area contributed by atoms with Gasteiger partial charge in [-0.05, 0) is 30.5 Å². The zero-order valence-electron chi connectivity index (χ0n) is 14.6. The second-order valence-electron chi connectivity index (χ2n) is 6.96. The van der Waals surface area contributed by atoms with E-state index in [-0.39, 0.29) is 29.9 Å². The third-order valence-electron chi connectivity index (χ3n) is 4.98. The topological polar surface area (TPSA) is 86.7 Å². The summed E-state index contributed by atoms with van der Waals surface area (Å²) in [6, 6.07) is 7.74. The lowest BCUT2D eigenvalue weighted by atomic mass is 10.1. The summed E-state index contributed by atoms with van der Waals surface area (Å²) in [4.78, 5) is 37.3. The first-order valence-electron chi connectivity index (χ1n) is 9.02. The van der Waals surface area contributed by atoms with Crippen molar-refractivity contribution in [2.75, 3.05) is 17.6 Å². The number of hydrogen-bond acceptors (Lipinski definition) is 4. The Bertz CT molecular complexity index is 688. The molecule has 0 spiro atoms. The van der Waals surface area contributed by atoms with Gasteiger partial charge < -0.3 is 15.3 Å². The highest BCUT2D eigenvalue weighted by Gasteiger charge is 2.38. The number of nitrogens with zero attached hydrogens (tertiary/aromatic N) is 1. The maximum Gasteiger partial charge on any atom is 0.313 e. The van der Waals surface area contributed by atoms with Gasteiger partial charge >= 0.3 is 5.97 Å². The fourth-order valence-corrected chi connectivity index (χ4v) is 4.41. The van der Waals surface area contributed by atoms with Gasteiger partial charge in [0.25, 0.3) is 0 Å². The minimum atomic E-state index is -0.836. The highest BCUT2D eigenvalue weighted by Crippen LogP contribution is 2.30. The van der Waals surface area contributed by atoms with Gasteiger partial charge in [0.1, 0.15) is 0 Å². The predicted molar refractivity (Wildman–Crippen MR) is 101 cm³/mol. The van der Waals surface area contributed by atoms with Gasteiger partial charge in [0.05, 0.1) is 11.7 Å². The molecule has 1 atom stereocenters. The fraction of sp³-hybridized carbons (Fsp3) is 0.526. The summed E-state index contributed by atoms with van der Waals surface area (Å²) in [5.74, 6) is -0.527. The SMILES string of the molecule is O=C(O)CSCc1cccc(NC(=O)C2CC(=O)N(C3CCCC3)C2)c1. The number of amides is 2. The molecule has 1 heterocycles. The van der Waals surface area contributed by atoms with Gasteiger partial charge in [-0.3, -0.25) is 14.4 Å². The van der Waals surface area contributed by atoms with Crippen LogP contribution in [0.25, 0.3) is 0 Å². The van der Waals surface area contributed by atoms with Gasteiger partial charge in [-0.1, -0.05) is 25.0 Å². The molecule has 0 aromatic heterocycles. The van der Waals surface area contributed by atoms with Gasteiger partial charge in [-0.25, -0.2) is 0 Å². The third-order valence-corrected chi connectivity index (χ3v) is 5.97. The first-order valence-corrected chi connectivity index (χ1v) is 10.2. The molecule has 3 rings (SSSR count). The molecule has 2 fully saturated rings. The van der Waals surface area contributed by atoms with Crippen LogP contribution in [-0.4, -0.2) is 46.1 Å². The average molecular weight is 376 g/mol. The van der Waals surface area contributed by atoms with Crippen LogP contribution in [0.15, 0.2) is 24.3 Å². The summed E-state index contributed by atoms with van der Waals surface area (Å²) >= 11 is 1.32. The van der Waals surface area contributed by atoms with Gasteiger partial charge in [-0.2, -0.15) is 0 Å². The van der Waals surface area contributed by atoms with Crippen molar-refractivity contribution in [3.63, 3.8) is 0 Å². The van der Waals surface area contributed by atoms with E-state index in [2.05, 4.69) is 5.32 Å². The maximum absolute atomic E-state index is 12.6. The molecule has 6 nitrogen and oxygen atoms in total. The fourth-order valence-electron chi connectivity index (χ4n) is 3.72. The summed E-state index contributed by atoms with van der Waals surface area (Å²) in [5, 5.41) is 11.6. The number of benzene rings is 1. The molecule has 0 radical (unpaired) electrons. The van der Waals surface area contributed by atoms with E-state index in [4.69, 9.17) is 5.11 Å². The van der Waals surface area contributed by atoms with Crippen LogP contribution >= 0.6 is 11.8 Å². The number of carboxylic acid groups (broad SMARTS) is 1. The lowest BCUT2D eigenvalue weighted by Gasteiger charge is -2.23. The molecule has 1 unspecified atom stereocenters. The molecule has 140 valence electrons. The number of thioether (sulfide) groups is 1. The molecule has 2 amide bonds. The quantitative estimate of drug-likeness (QED) is 0.764. The molecule has 1 saturated carbocycles. The van der Waals surface area contributed by atoms with E-state index in [0.717, 1.165) is 31.2 Å². The van der Waals surface area contributed by atoms with Gasteiger partial charge in [0.2, 0.25) is 11.8 Å². The van der Waals surface area contributed by atoms with E-state index in [1.807, 2.05) is 29.2 Å². The Hall–Kier alpha value is -2.02. The Morgan fingerprint density at radius 3 is 2.77 bits per heavy atom. The first-order chi connectivity index (χ1) is 12.5. The Kier molecular flexibility index (Phi) is 6.19. The smallest absolute Gasteiger partial charge is 0.313 e. The Morgan fingerprint density at radius 2 is 2.04 bits per heavy atom. The summed E-state index contributed by atoms with van der Waals surface area (Å²) in [6.45, 7) is 0.517. The molecule has 2 aliphatic rings. The van der Waals surface area contributed by atoms with Crippen LogP contribution in [-0.2, 0) is 20.1 Å². The molecule has 0 bridgehead atoms. The number of aliphatic carboxylic acids is 1. The van der Waals surface area contributed by atoms with Gasteiger partial charge in [-0.15, -0.1) is 11.8 Å². The summed E-state index contributed by atoms with van der Waals surface area (Å²) in [7, 11) is 0.